The van der Waals surface area contributed by atoms with Crippen LogP contribution in [0.1, 0.15) is 0 Å². The van der Waals surface area contributed by atoms with Crippen LogP contribution in [0.4, 0.5) is 0 Å². The van der Waals surface area contributed by atoms with Crippen LogP contribution < -0.4 is 21.5 Å². The van der Waals surface area contributed by atoms with E-state index in [0.29, 0.717) is 11.2 Å². The number of nitrogens with two attached hydrogens (primary N) is 2. The highest BCUT2D eigenvalue weighted by Gasteiger charge is 2.13. The molecule has 0 spiro atoms. The highest BCUT2D eigenvalue weighted by atomic mass is 16.7. The maximum Gasteiger partial charge on any atom is 0.305 e. The molecule has 0 saturated carbocycles. The van der Waals surface area contributed by atoms with Crippen LogP contribution in [-0.2, 0) is 0 Å². The van der Waals surface area contributed by atoms with Gasteiger partial charge in [-0.1, -0.05) is 0 Å². The number of benzene rings is 2. The van der Waals surface area contributed by atoms with Crippen molar-refractivity contribution in [2.45, 2.75) is 0 Å². The van der Waals surface area contributed by atoms with Gasteiger partial charge in [-0.3, -0.25) is 0 Å². The lowest BCUT2D eigenvalue weighted by Crippen LogP contribution is -1.99. The van der Waals surface area contributed by atoms with Crippen molar-refractivity contribution in [3.63, 3.8) is 0 Å². The van der Waals surface area contributed by atoms with Crippen LogP contribution in [-0.4, -0.2) is 4.98 Å². The van der Waals surface area contributed by atoms with Gasteiger partial charge in [0.1, 0.15) is 11.2 Å². The molecule has 0 bridgehead atoms. The van der Waals surface area contributed by atoms with Crippen LogP contribution in [0.5, 0.6) is 11.9 Å². The summed E-state index contributed by atoms with van der Waals surface area (Å²) in [5.41, 5.74) is 3.31. The van der Waals surface area contributed by atoms with Gasteiger partial charge in [-0.2, -0.15) is 11.8 Å². The molecule has 5 aromatic rings. The Bertz CT molecular complexity index is 1110. The van der Waals surface area contributed by atoms with Crippen LogP contribution >= 0.6 is 0 Å². The van der Waals surface area contributed by atoms with E-state index in [1.165, 1.54) is 0 Å². The van der Waals surface area contributed by atoms with E-state index in [4.69, 9.17) is 20.6 Å². The SMILES string of the molecule is NOc1cc2cc3c(cc2o1)[nH]c1cc2oc(ON)cc2cc13. The quantitative estimate of drug-likeness (QED) is 0.431. The van der Waals surface area contributed by atoms with Crippen LogP contribution in [0.3, 0.4) is 0 Å². The Morgan fingerprint density at radius 2 is 1.17 bits per heavy atom. The lowest BCUT2D eigenvalue weighted by Gasteiger charge is -1.92. The summed E-state index contributed by atoms with van der Waals surface area (Å²) in [5, 5.41) is 3.96. The zero-order valence-corrected chi connectivity index (χ0v) is 11.8. The fraction of sp³-hybridized carbons (Fsp3) is 0. The topological polar surface area (TPSA) is 113 Å². The van der Waals surface area contributed by atoms with Crippen LogP contribution in [0.25, 0.3) is 43.7 Å². The van der Waals surface area contributed by atoms with Crippen molar-refractivity contribution in [1.82, 2.24) is 4.98 Å². The molecule has 7 nitrogen and oxygen atoms in total. The fourth-order valence-electron chi connectivity index (χ4n) is 3.04. The first-order chi connectivity index (χ1) is 11.2. The molecule has 0 aliphatic rings. The lowest BCUT2D eigenvalue weighted by molar-refractivity contribution is 0.258. The van der Waals surface area contributed by atoms with Gasteiger partial charge in [-0.15, -0.1) is 0 Å². The van der Waals surface area contributed by atoms with Gasteiger partial charge in [0.25, 0.3) is 0 Å². The molecule has 0 fully saturated rings. The van der Waals surface area contributed by atoms with Gasteiger partial charge in [0, 0.05) is 45.8 Å². The third-order valence-corrected chi connectivity index (χ3v) is 4.06. The van der Waals surface area contributed by atoms with Gasteiger partial charge in [0.15, 0.2) is 0 Å². The second-order valence-electron chi connectivity index (χ2n) is 5.36. The largest absolute Gasteiger partial charge is 0.424 e. The second-order valence-corrected chi connectivity index (χ2v) is 5.36. The third kappa shape index (κ3) is 1.65. The number of rotatable bonds is 2. The Hall–Kier alpha value is -3.16. The smallest absolute Gasteiger partial charge is 0.305 e. The molecule has 0 unspecified atom stereocenters. The van der Waals surface area contributed by atoms with Gasteiger partial charge in [-0.05, 0) is 12.1 Å². The molecule has 0 atom stereocenters. The Kier molecular flexibility index (Phi) is 2.26. The Balaban J connectivity index is 1.86. The summed E-state index contributed by atoms with van der Waals surface area (Å²) in [5.74, 6) is 10.9. The summed E-state index contributed by atoms with van der Waals surface area (Å²) in [4.78, 5) is 12.6. The maximum atomic E-state index is 5.50. The van der Waals surface area contributed by atoms with Crippen molar-refractivity contribution in [2.75, 3.05) is 0 Å². The first kappa shape index (κ1) is 12.4. The van der Waals surface area contributed by atoms with E-state index in [1.807, 2.05) is 24.3 Å². The summed E-state index contributed by atoms with van der Waals surface area (Å²) >= 11 is 0. The van der Waals surface area contributed by atoms with Crippen LogP contribution in [0.2, 0.25) is 0 Å². The molecule has 0 radical (unpaired) electrons. The number of aromatic nitrogens is 1. The highest BCUT2D eigenvalue weighted by molar-refractivity contribution is 6.14. The first-order valence-corrected chi connectivity index (χ1v) is 6.91. The lowest BCUT2D eigenvalue weighted by atomic mass is 10.1. The van der Waals surface area contributed by atoms with E-state index in [-0.39, 0.29) is 11.9 Å². The monoisotopic (exact) mass is 309 g/mol. The Labute approximate surface area is 128 Å². The van der Waals surface area contributed by atoms with Gasteiger partial charge < -0.3 is 23.5 Å². The Morgan fingerprint density at radius 3 is 1.61 bits per heavy atom. The molecule has 5 N–H and O–H groups in total. The van der Waals surface area contributed by atoms with E-state index in [0.717, 1.165) is 32.6 Å². The number of hydrogen-bond donors (Lipinski definition) is 3. The summed E-state index contributed by atoms with van der Waals surface area (Å²) in [6, 6.07) is 11.4. The normalized spacial score (nSPS) is 11.9. The predicted octanol–water partition coefficient (Wildman–Crippen LogP) is 3.32. The number of H-pyrrole nitrogens is 1. The van der Waals surface area contributed by atoms with Crippen molar-refractivity contribution >= 4 is 43.7 Å². The molecule has 3 heterocycles. The molecular formula is C16H11N3O4. The van der Waals surface area contributed by atoms with Gasteiger partial charge in [0.2, 0.25) is 0 Å². The molecule has 3 aromatic heterocycles. The number of furan rings is 2. The van der Waals surface area contributed by atoms with Crippen molar-refractivity contribution in [2.24, 2.45) is 11.8 Å². The molecular weight excluding hydrogens is 298 g/mol. The van der Waals surface area contributed by atoms with Crippen molar-refractivity contribution in [3.8, 4) is 11.9 Å². The first-order valence-electron chi connectivity index (χ1n) is 6.91. The average Bonchev–Trinajstić information content (AvgIpc) is 3.23. The third-order valence-electron chi connectivity index (χ3n) is 4.06. The van der Waals surface area contributed by atoms with Crippen molar-refractivity contribution in [1.29, 1.82) is 0 Å². The molecule has 0 saturated heterocycles. The Morgan fingerprint density at radius 1 is 0.696 bits per heavy atom. The average molecular weight is 309 g/mol. The molecule has 23 heavy (non-hydrogen) atoms. The van der Waals surface area contributed by atoms with Crippen LogP contribution in [0.15, 0.2) is 45.2 Å². The van der Waals surface area contributed by atoms with E-state index >= 15 is 0 Å². The predicted molar refractivity (Wildman–Crippen MR) is 85.0 cm³/mol. The molecule has 5 rings (SSSR count). The fourth-order valence-corrected chi connectivity index (χ4v) is 3.04. The number of aromatic amines is 1. The van der Waals surface area contributed by atoms with Crippen molar-refractivity contribution in [3.05, 3.63) is 36.4 Å². The summed E-state index contributed by atoms with van der Waals surface area (Å²) < 4.78 is 11.0. The molecule has 0 amide bonds. The van der Waals surface area contributed by atoms with Crippen LogP contribution in [0, 0.1) is 0 Å². The number of hydrogen-bond acceptors (Lipinski definition) is 6. The molecule has 0 aliphatic heterocycles. The van der Waals surface area contributed by atoms with Gasteiger partial charge >= 0.3 is 11.9 Å². The number of fused-ring (bicyclic) bond motifs is 5. The minimum absolute atomic E-state index is 0.277. The standard InChI is InChI=1S/C16H11N3O4/c17-22-15-3-7-1-9-10-2-8-4-16(23-18)21-14(8)6-12(10)19-11(9)5-13(7)20-15/h1-6,19H,17-18H2. The molecule has 114 valence electrons. The molecule has 7 heteroatoms. The van der Waals surface area contributed by atoms with E-state index in [2.05, 4.69) is 14.7 Å². The molecule has 0 aliphatic carbocycles. The second kappa shape index (κ2) is 4.19. The zero-order chi connectivity index (χ0) is 15.6. The summed E-state index contributed by atoms with van der Waals surface area (Å²) in [6.45, 7) is 0. The minimum atomic E-state index is 0.277. The van der Waals surface area contributed by atoms with E-state index in [1.54, 1.807) is 12.1 Å². The molecule has 2 aromatic carbocycles. The van der Waals surface area contributed by atoms with E-state index < -0.39 is 0 Å². The zero-order valence-electron chi connectivity index (χ0n) is 11.8. The maximum absolute atomic E-state index is 5.50. The minimum Gasteiger partial charge on any atom is -0.424 e. The number of nitrogens with one attached hydrogen (secondary N) is 1. The summed E-state index contributed by atoms with van der Waals surface area (Å²) in [7, 11) is 0. The highest BCUT2D eigenvalue weighted by Crippen LogP contribution is 2.35. The van der Waals surface area contributed by atoms with Gasteiger partial charge in [0.05, 0.1) is 11.0 Å². The van der Waals surface area contributed by atoms with E-state index in [9.17, 15) is 0 Å². The summed E-state index contributed by atoms with van der Waals surface area (Å²) in [6.07, 6.45) is 0. The van der Waals surface area contributed by atoms with Crippen molar-refractivity contribution < 1.29 is 18.5 Å². The van der Waals surface area contributed by atoms with Gasteiger partial charge in [-0.25, -0.2) is 0 Å².